The minimum absolute atomic E-state index is 0.0284. The summed E-state index contributed by atoms with van der Waals surface area (Å²) in [4.78, 5) is 11.3. The molecule has 0 aromatic carbocycles. The van der Waals surface area contributed by atoms with Gasteiger partial charge in [0.25, 0.3) is 0 Å². The third-order valence-electron chi connectivity index (χ3n) is 4.60. The maximum Gasteiger partial charge on any atom is 0.220 e. The van der Waals surface area contributed by atoms with E-state index < -0.39 is 0 Å². The highest BCUT2D eigenvalue weighted by Gasteiger charge is 1.99. The molecule has 0 aliphatic heterocycles. The number of amides is 1. The molecule has 25 heavy (non-hydrogen) atoms. The summed E-state index contributed by atoms with van der Waals surface area (Å²) in [5.74, 6) is 0.0723. The fourth-order valence-electron chi connectivity index (χ4n) is 2.99. The van der Waals surface area contributed by atoms with Crippen LogP contribution in [0.15, 0.2) is 12.2 Å². The van der Waals surface area contributed by atoms with E-state index in [-0.39, 0.29) is 12.5 Å². The van der Waals surface area contributed by atoms with Gasteiger partial charge in [-0.15, -0.1) is 0 Å². The van der Waals surface area contributed by atoms with Gasteiger partial charge in [0.15, 0.2) is 0 Å². The van der Waals surface area contributed by atoms with E-state index in [1.165, 1.54) is 83.5 Å². The van der Waals surface area contributed by atoms with E-state index in [0.717, 1.165) is 12.8 Å². The second-order valence-corrected chi connectivity index (χ2v) is 7.11. The van der Waals surface area contributed by atoms with Crippen LogP contribution in [0.1, 0.15) is 110 Å². The molecule has 0 fully saturated rings. The highest BCUT2D eigenvalue weighted by molar-refractivity contribution is 5.75. The highest BCUT2D eigenvalue weighted by atomic mass is 16.3. The van der Waals surface area contributed by atoms with Crippen molar-refractivity contribution in [1.29, 1.82) is 0 Å². The Bertz CT molecular complexity index is 302. The average molecular weight is 354 g/mol. The first-order chi connectivity index (χ1) is 12.3. The zero-order chi connectivity index (χ0) is 18.4. The molecular formula is C22H43NO2. The molecule has 0 aromatic rings. The minimum Gasteiger partial charge on any atom is -0.395 e. The van der Waals surface area contributed by atoms with E-state index in [1.54, 1.807) is 0 Å². The van der Waals surface area contributed by atoms with Crippen molar-refractivity contribution in [2.75, 3.05) is 13.2 Å². The molecule has 0 radical (unpaired) electrons. The summed E-state index contributed by atoms with van der Waals surface area (Å²) in [5, 5.41) is 11.3. The lowest BCUT2D eigenvalue weighted by molar-refractivity contribution is -0.121. The van der Waals surface area contributed by atoms with Gasteiger partial charge in [-0.1, -0.05) is 83.3 Å². The number of rotatable bonds is 19. The minimum atomic E-state index is 0.0284. The van der Waals surface area contributed by atoms with Crippen molar-refractivity contribution in [1.82, 2.24) is 5.32 Å². The van der Waals surface area contributed by atoms with Gasteiger partial charge in [-0.05, 0) is 32.1 Å². The first kappa shape index (κ1) is 24.2. The zero-order valence-electron chi connectivity index (χ0n) is 16.7. The lowest BCUT2D eigenvalue weighted by Gasteiger charge is -2.03. The maximum absolute atomic E-state index is 11.3. The third-order valence-corrected chi connectivity index (χ3v) is 4.60. The predicted octanol–water partition coefficient (Wildman–Crippen LogP) is 5.91. The van der Waals surface area contributed by atoms with Crippen molar-refractivity contribution in [2.24, 2.45) is 0 Å². The normalized spacial score (nSPS) is 11.3. The SMILES string of the molecule is CCCCCCC/C=C\CCCCCCCCCCC(=O)NCCO. The molecule has 0 rings (SSSR count). The van der Waals surface area contributed by atoms with Gasteiger partial charge in [0, 0.05) is 13.0 Å². The molecule has 0 atom stereocenters. The fourth-order valence-corrected chi connectivity index (χ4v) is 2.99. The van der Waals surface area contributed by atoms with E-state index in [1.807, 2.05) is 0 Å². The number of hydrogen-bond donors (Lipinski definition) is 2. The molecule has 0 saturated heterocycles. The largest absolute Gasteiger partial charge is 0.395 e. The quantitative estimate of drug-likeness (QED) is 0.224. The summed E-state index contributed by atoms with van der Waals surface area (Å²) in [6.45, 7) is 2.68. The summed E-state index contributed by atoms with van der Waals surface area (Å²) >= 11 is 0. The number of aliphatic hydroxyl groups excluding tert-OH is 1. The molecule has 0 unspecified atom stereocenters. The second-order valence-electron chi connectivity index (χ2n) is 7.11. The van der Waals surface area contributed by atoms with Crippen LogP contribution >= 0.6 is 0 Å². The van der Waals surface area contributed by atoms with Crippen LogP contribution in [0.25, 0.3) is 0 Å². The predicted molar refractivity (Wildman–Crippen MR) is 109 cm³/mol. The zero-order valence-corrected chi connectivity index (χ0v) is 16.7. The lowest BCUT2D eigenvalue weighted by atomic mass is 10.1. The van der Waals surface area contributed by atoms with Crippen LogP contribution in [0, 0.1) is 0 Å². The number of aliphatic hydroxyl groups is 1. The van der Waals surface area contributed by atoms with Gasteiger partial charge in [-0.2, -0.15) is 0 Å². The standard InChI is InChI=1S/C22H43NO2/c1-2-3-4-5-6-7-8-9-10-11-12-13-14-15-16-17-18-19-22(25)23-20-21-24/h8-9,24H,2-7,10-21H2,1H3,(H,23,25)/b9-8-. The Morgan fingerprint density at radius 1 is 0.760 bits per heavy atom. The first-order valence-electron chi connectivity index (χ1n) is 10.8. The van der Waals surface area contributed by atoms with Gasteiger partial charge < -0.3 is 10.4 Å². The molecule has 0 bridgehead atoms. The Morgan fingerprint density at radius 2 is 1.24 bits per heavy atom. The number of allylic oxidation sites excluding steroid dienone is 2. The summed E-state index contributed by atoms with van der Waals surface area (Å²) in [7, 11) is 0. The van der Waals surface area contributed by atoms with Gasteiger partial charge in [0.05, 0.1) is 6.61 Å². The monoisotopic (exact) mass is 353 g/mol. The number of unbranched alkanes of at least 4 members (excludes halogenated alkanes) is 13. The van der Waals surface area contributed by atoms with E-state index in [0.29, 0.717) is 13.0 Å². The Labute approximate surface area is 156 Å². The van der Waals surface area contributed by atoms with E-state index in [9.17, 15) is 4.79 Å². The smallest absolute Gasteiger partial charge is 0.220 e. The molecule has 0 aliphatic rings. The second kappa shape index (κ2) is 21.2. The summed E-state index contributed by atoms with van der Waals surface area (Å²) < 4.78 is 0. The highest BCUT2D eigenvalue weighted by Crippen LogP contribution is 2.11. The van der Waals surface area contributed by atoms with E-state index >= 15 is 0 Å². The molecule has 2 N–H and O–H groups in total. The number of carbonyl (C=O) groups excluding carboxylic acids is 1. The van der Waals surface area contributed by atoms with Crippen molar-refractivity contribution >= 4 is 5.91 Å². The summed E-state index contributed by atoms with van der Waals surface area (Å²) in [6.07, 6.45) is 24.8. The Balaban J connectivity index is 3.12. The van der Waals surface area contributed by atoms with Gasteiger partial charge in [-0.25, -0.2) is 0 Å². The molecule has 0 aromatic heterocycles. The average Bonchev–Trinajstić information content (AvgIpc) is 2.62. The van der Waals surface area contributed by atoms with Crippen LogP contribution in [0.3, 0.4) is 0 Å². The summed E-state index contributed by atoms with van der Waals surface area (Å²) in [6, 6.07) is 0. The van der Waals surface area contributed by atoms with Crippen LogP contribution in [-0.2, 0) is 4.79 Å². The van der Waals surface area contributed by atoms with Crippen molar-refractivity contribution in [2.45, 2.75) is 110 Å². The van der Waals surface area contributed by atoms with Gasteiger partial charge >= 0.3 is 0 Å². The van der Waals surface area contributed by atoms with Crippen molar-refractivity contribution in [3.63, 3.8) is 0 Å². The molecule has 0 aliphatic carbocycles. The van der Waals surface area contributed by atoms with Crippen LogP contribution in [-0.4, -0.2) is 24.2 Å². The molecule has 0 spiro atoms. The summed E-state index contributed by atoms with van der Waals surface area (Å²) in [5.41, 5.74) is 0. The van der Waals surface area contributed by atoms with Crippen LogP contribution in [0.2, 0.25) is 0 Å². The maximum atomic E-state index is 11.3. The molecule has 3 heteroatoms. The Kier molecular flexibility index (Phi) is 20.5. The number of hydrogen-bond acceptors (Lipinski definition) is 2. The van der Waals surface area contributed by atoms with Gasteiger partial charge in [0.1, 0.15) is 0 Å². The van der Waals surface area contributed by atoms with Crippen molar-refractivity contribution in [3.8, 4) is 0 Å². The lowest BCUT2D eigenvalue weighted by Crippen LogP contribution is -2.25. The van der Waals surface area contributed by atoms with Crippen LogP contribution in [0.5, 0.6) is 0 Å². The Morgan fingerprint density at radius 3 is 1.76 bits per heavy atom. The Hall–Kier alpha value is -0.830. The topological polar surface area (TPSA) is 49.3 Å². The molecule has 0 saturated carbocycles. The fraction of sp³-hybridized carbons (Fsp3) is 0.864. The van der Waals surface area contributed by atoms with E-state index in [4.69, 9.17) is 5.11 Å². The third kappa shape index (κ3) is 21.1. The number of nitrogens with one attached hydrogen (secondary N) is 1. The molecule has 0 heterocycles. The van der Waals surface area contributed by atoms with Gasteiger partial charge in [0.2, 0.25) is 5.91 Å². The van der Waals surface area contributed by atoms with Crippen LogP contribution < -0.4 is 5.32 Å². The molecule has 148 valence electrons. The van der Waals surface area contributed by atoms with E-state index in [2.05, 4.69) is 24.4 Å². The van der Waals surface area contributed by atoms with Crippen molar-refractivity contribution in [3.05, 3.63) is 12.2 Å². The molecule has 1 amide bonds. The first-order valence-corrected chi connectivity index (χ1v) is 10.8. The van der Waals surface area contributed by atoms with Crippen LogP contribution in [0.4, 0.5) is 0 Å². The molecule has 3 nitrogen and oxygen atoms in total. The molecular weight excluding hydrogens is 310 g/mol. The van der Waals surface area contributed by atoms with Crippen molar-refractivity contribution < 1.29 is 9.90 Å². The van der Waals surface area contributed by atoms with Gasteiger partial charge in [-0.3, -0.25) is 4.79 Å². The number of carbonyl (C=O) groups is 1.